The Morgan fingerprint density at radius 3 is 2.63 bits per heavy atom. The average Bonchev–Trinajstić information content (AvgIpc) is 2.42. The number of hydrogen-bond acceptors (Lipinski definition) is 3. The van der Waals surface area contributed by atoms with Gasteiger partial charge in [0.2, 0.25) is 0 Å². The molecule has 1 aliphatic carbocycles. The van der Waals surface area contributed by atoms with E-state index in [1.165, 1.54) is 12.0 Å². The van der Waals surface area contributed by atoms with Gasteiger partial charge in [0.15, 0.2) is 0 Å². The lowest BCUT2D eigenvalue weighted by atomic mass is 9.87. The van der Waals surface area contributed by atoms with Crippen molar-refractivity contribution >= 4 is 5.78 Å². The van der Waals surface area contributed by atoms with E-state index in [1.54, 1.807) is 7.11 Å². The van der Waals surface area contributed by atoms with Gasteiger partial charge < -0.3 is 9.64 Å². The smallest absolute Gasteiger partial charge is 0.137 e. The number of methoxy groups -OCH3 is 1. The molecule has 3 heteroatoms. The molecule has 19 heavy (non-hydrogen) atoms. The molecular weight excluding hydrogens is 238 g/mol. The second kappa shape index (κ2) is 6.71. The number of ether oxygens (including phenoxy) is 1. The number of carbonyl (C=O) groups excluding carboxylic acids is 1. The Bertz CT molecular complexity index is 413. The minimum atomic E-state index is 0.247. The predicted molar refractivity (Wildman–Crippen MR) is 76.3 cm³/mol. The Hall–Kier alpha value is -1.35. The summed E-state index contributed by atoms with van der Waals surface area (Å²) >= 11 is 0. The monoisotopic (exact) mass is 261 g/mol. The van der Waals surface area contributed by atoms with E-state index in [0.29, 0.717) is 5.78 Å². The van der Waals surface area contributed by atoms with Gasteiger partial charge in [-0.2, -0.15) is 0 Å². The molecule has 1 atom stereocenters. The summed E-state index contributed by atoms with van der Waals surface area (Å²) in [7, 11) is 3.77. The number of Topliss-reactive ketones (excluding diaryl/α,β-unsaturated/α-hetero) is 1. The molecule has 0 saturated heterocycles. The average molecular weight is 261 g/mol. The minimum absolute atomic E-state index is 0.247. The van der Waals surface area contributed by atoms with Gasteiger partial charge in [0.1, 0.15) is 11.5 Å². The summed E-state index contributed by atoms with van der Waals surface area (Å²) in [5.74, 6) is 1.58. The fraction of sp³-hybridized carbons (Fsp3) is 0.562. The SMILES string of the molecule is COc1ccc(CN(C)CC2CCCCC2=O)cc1. The molecule has 0 N–H and O–H groups in total. The van der Waals surface area contributed by atoms with Crippen LogP contribution in [0.1, 0.15) is 31.2 Å². The lowest BCUT2D eigenvalue weighted by molar-refractivity contribution is -0.125. The van der Waals surface area contributed by atoms with Gasteiger partial charge >= 0.3 is 0 Å². The molecular formula is C16H23NO2. The van der Waals surface area contributed by atoms with Gasteiger partial charge in [-0.1, -0.05) is 18.6 Å². The van der Waals surface area contributed by atoms with E-state index >= 15 is 0 Å². The summed E-state index contributed by atoms with van der Waals surface area (Å²) in [6.07, 6.45) is 4.12. The molecule has 1 unspecified atom stereocenters. The highest BCUT2D eigenvalue weighted by molar-refractivity contribution is 5.81. The van der Waals surface area contributed by atoms with Crippen molar-refractivity contribution in [2.75, 3.05) is 20.7 Å². The van der Waals surface area contributed by atoms with Crippen molar-refractivity contribution in [3.8, 4) is 5.75 Å². The first kappa shape index (κ1) is 14.1. The Balaban J connectivity index is 1.85. The van der Waals surface area contributed by atoms with Crippen molar-refractivity contribution in [3.05, 3.63) is 29.8 Å². The summed E-state index contributed by atoms with van der Waals surface area (Å²) in [5, 5.41) is 0. The third kappa shape index (κ3) is 4.06. The van der Waals surface area contributed by atoms with Crippen LogP contribution in [0.5, 0.6) is 5.75 Å². The van der Waals surface area contributed by atoms with Crippen LogP contribution < -0.4 is 4.74 Å². The second-order valence-corrected chi connectivity index (χ2v) is 5.45. The molecule has 0 heterocycles. The third-order valence-electron chi connectivity index (χ3n) is 3.82. The van der Waals surface area contributed by atoms with Gasteiger partial charge in [0.05, 0.1) is 7.11 Å². The number of carbonyl (C=O) groups is 1. The van der Waals surface area contributed by atoms with Crippen LogP contribution in [-0.4, -0.2) is 31.4 Å². The summed E-state index contributed by atoms with van der Waals surface area (Å²) in [6.45, 7) is 1.76. The van der Waals surface area contributed by atoms with Crippen LogP contribution in [0.3, 0.4) is 0 Å². The minimum Gasteiger partial charge on any atom is -0.497 e. The van der Waals surface area contributed by atoms with Crippen molar-refractivity contribution in [2.24, 2.45) is 5.92 Å². The summed E-state index contributed by atoms with van der Waals surface area (Å²) in [4.78, 5) is 14.1. The zero-order valence-corrected chi connectivity index (χ0v) is 11.9. The van der Waals surface area contributed by atoms with E-state index in [-0.39, 0.29) is 5.92 Å². The number of ketones is 1. The van der Waals surface area contributed by atoms with E-state index in [1.807, 2.05) is 12.1 Å². The zero-order chi connectivity index (χ0) is 13.7. The molecule has 104 valence electrons. The van der Waals surface area contributed by atoms with Crippen LogP contribution in [0, 0.1) is 5.92 Å². The number of benzene rings is 1. The Morgan fingerprint density at radius 1 is 1.26 bits per heavy atom. The van der Waals surface area contributed by atoms with Gasteiger partial charge in [-0.25, -0.2) is 0 Å². The lowest BCUT2D eigenvalue weighted by Crippen LogP contribution is -2.32. The first-order valence-electron chi connectivity index (χ1n) is 7.03. The van der Waals surface area contributed by atoms with E-state index in [4.69, 9.17) is 4.74 Å². The summed E-state index contributed by atoms with van der Waals surface area (Å²) in [5.41, 5.74) is 1.26. The van der Waals surface area contributed by atoms with Crippen molar-refractivity contribution in [1.29, 1.82) is 0 Å². The second-order valence-electron chi connectivity index (χ2n) is 5.45. The fourth-order valence-electron chi connectivity index (χ4n) is 2.73. The number of hydrogen-bond donors (Lipinski definition) is 0. The normalized spacial score (nSPS) is 19.7. The van der Waals surface area contributed by atoms with E-state index in [9.17, 15) is 4.79 Å². The van der Waals surface area contributed by atoms with Crippen LogP contribution in [0.2, 0.25) is 0 Å². The highest BCUT2D eigenvalue weighted by Crippen LogP contribution is 2.22. The fourth-order valence-corrected chi connectivity index (χ4v) is 2.73. The van der Waals surface area contributed by atoms with E-state index < -0.39 is 0 Å². The first-order chi connectivity index (χ1) is 9.19. The van der Waals surface area contributed by atoms with Gasteiger partial charge in [0.25, 0.3) is 0 Å². The van der Waals surface area contributed by atoms with Crippen molar-refractivity contribution in [3.63, 3.8) is 0 Å². The lowest BCUT2D eigenvalue weighted by Gasteiger charge is -2.26. The molecule has 1 aliphatic rings. The van der Waals surface area contributed by atoms with Crippen molar-refractivity contribution < 1.29 is 9.53 Å². The quantitative estimate of drug-likeness (QED) is 0.816. The summed E-state index contributed by atoms with van der Waals surface area (Å²) in [6, 6.07) is 8.12. The highest BCUT2D eigenvalue weighted by Gasteiger charge is 2.23. The van der Waals surface area contributed by atoms with Crippen LogP contribution in [0.4, 0.5) is 0 Å². The molecule has 0 aliphatic heterocycles. The summed E-state index contributed by atoms with van der Waals surface area (Å²) < 4.78 is 5.15. The van der Waals surface area contributed by atoms with Crippen LogP contribution in [0.15, 0.2) is 24.3 Å². The van der Waals surface area contributed by atoms with Gasteiger partial charge in [-0.15, -0.1) is 0 Å². The maximum Gasteiger partial charge on any atom is 0.137 e. The molecule has 1 saturated carbocycles. The molecule has 1 aromatic rings. The molecule has 0 bridgehead atoms. The van der Waals surface area contributed by atoms with E-state index in [2.05, 4.69) is 24.1 Å². The molecule has 0 aromatic heterocycles. The van der Waals surface area contributed by atoms with E-state index in [0.717, 1.165) is 38.1 Å². The van der Waals surface area contributed by atoms with Gasteiger partial charge in [0, 0.05) is 25.4 Å². The van der Waals surface area contributed by atoms with Gasteiger partial charge in [-0.05, 0) is 37.6 Å². The topological polar surface area (TPSA) is 29.5 Å². The maximum atomic E-state index is 11.8. The van der Waals surface area contributed by atoms with Crippen LogP contribution >= 0.6 is 0 Å². The zero-order valence-electron chi connectivity index (χ0n) is 11.9. The Kier molecular flexibility index (Phi) is 4.97. The number of nitrogens with zero attached hydrogens (tertiary/aromatic N) is 1. The van der Waals surface area contributed by atoms with Crippen molar-refractivity contribution in [2.45, 2.75) is 32.2 Å². The first-order valence-corrected chi connectivity index (χ1v) is 7.03. The molecule has 1 aromatic carbocycles. The molecule has 3 nitrogen and oxygen atoms in total. The Labute approximate surface area is 115 Å². The predicted octanol–water partition coefficient (Wildman–Crippen LogP) is 2.89. The molecule has 0 spiro atoms. The van der Waals surface area contributed by atoms with Crippen LogP contribution in [0.25, 0.3) is 0 Å². The third-order valence-corrected chi connectivity index (χ3v) is 3.82. The van der Waals surface area contributed by atoms with Crippen molar-refractivity contribution in [1.82, 2.24) is 4.90 Å². The standard InChI is InChI=1S/C16H23NO2/c1-17(12-14-5-3-4-6-16(14)18)11-13-7-9-15(19-2)10-8-13/h7-10,14H,3-6,11-12H2,1-2H3. The Morgan fingerprint density at radius 2 is 2.00 bits per heavy atom. The molecule has 1 fully saturated rings. The van der Waals surface area contributed by atoms with Crippen LogP contribution in [-0.2, 0) is 11.3 Å². The molecule has 2 rings (SSSR count). The van der Waals surface area contributed by atoms with Gasteiger partial charge in [-0.3, -0.25) is 4.79 Å². The largest absolute Gasteiger partial charge is 0.497 e. The molecule has 0 radical (unpaired) electrons. The maximum absolute atomic E-state index is 11.8. The number of rotatable bonds is 5. The molecule has 0 amide bonds. The highest BCUT2D eigenvalue weighted by atomic mass is 16.5.